The fourth-order valence-electron chi connectivity index (χ4n) is 1.62. The number of hydrogen-bond acceptors (Lipinski definition) is 3. The molecule has 0 unspecified atom stereocenters. The van der Waals surface area contributed by atoms with Crippen LogP contribution in [0.1, 0.15) is 0 Å². The van der Waals surface area contributed by atoms with E-state index in [4.69, 9.17) is 23.2 Å². The van der Waals surface area contributed by atoms with E-state index in [0.717, 1.165) is 0 Å². The molecule has 7 heteroatoms. The summed E-state index contributed by atoms with van der Waals surface area (Å²) in [4.78, 5) is -0.311. The molecule has 0 fully saturated rings. The van der Waals surface area contributed by atoms with Crippen LogP contribution >= 0.6 is 23.2 Å². The topological polar surface area (TPSA) is 57.2 Å². The Kier molecular flexibility index (Phi) is 5.89. The van der Waals surface area contributed by atoms with E-state index >= 15 is 0 Å². The van der Waals surface area contributed by atoms with E-state index in [1.54, 1.807) is 24.3 Å². The molecule has 2 rings (SSSR count). The SMILES string of the molecule is O=S(=O)([O-])c1ccccc1-c1cccc(Cl)c1Cl.[Na+]. The van der Waals surface area contributed by atoms with Gasteiger partial charge in [-0.25, -0.2) is 8.42 Å². The van der Waals surface area contributed by atoms with E-state index in [0.29, 0.717) is 10.6 Å². The van der Waals surface area contributed by atoms with Crippen LogP contribution in [0.15, 0.2) is 47.4 Å². The summed E-state index contributed by atoms with van der Waals surface area (Å²) in [6.45, 7) is 0. The molecule has 0 aromatic heterocycles. The maximum Gasteiger partial charge on any atom is 1.00 e. The Morgan fingerprint density at radius 2 is 1.47 bits per heavy atom. The summed E-state index contributed by atoms with van der Waals surface area (Å²) >= 11 is 11.9. The van der Waals surface area contributed by atoms with Crippen LogP contribution in [0.4, 0.5) is 0 Å². The van der Waals surface area contributed by atoms with Crippen LogP contribution in [0.2, 0.25) is 10.0 Å². The Bertz CT molecular complexity index is 702. The van der Waals surface area contributed by atoms with Gasteiger partial charge in [-0.15, -0.1) is 0 Å². The van der Waals surface area contributed by atoms with Gasteiger partial charge >= 0.3 is 29.6 Å². The number of rotatable bonds is 2. The van der Waals surface area contributed by atoms with E-state index in [9.17, 15) is 13.0 Å². The molecule has 0 saturated carbocycles. The summed E-state index contributed by atoms with van der Waals surface area (Å²) in [7, 11) is -4.56. The summed E-state index contributed by atoms with van der Waals surface area (Å²) in [6.07, 6.45) is 0. The van der Waals surface area contributed by atoms with Gasteiger partial charge in [-0.1, -0.05) is 53.5 Å². The minimum atomic E-state index is -4.56. The number of halogens is 2. The second-order valence-electron chi connectivity index (χ2n) is 3.55. The second-order valence-corrected chi connectivity index (χ2v) is 5.68. The summed E-state index contributed by atoms with van der Waals surface area (Å²) in [5, 5.41) is 0.516. The molecule has 0 bridgehead atoms. The monoisotopic (exact) mass is 324 g/mol. The van der Waals surface area contributed by atoms with E-state index in [-0.39, 0.29) is 45.0 Å². The first kappa shape index (κ1) is 17.0. The van der Waals surface area contributed by atoms with Crippen molar-refractivity contribution in [2.24, 2.45) is 0 Å². The maximum absolute atomic E-state index is 11.2. The van der Waals surface area contributed by atoms with Gasteiger partial charge in [0, 0.05) is 11.1 Å². The molecule has 0 aliphatic carbocycles. The van der Waals surface area contributed by atoms with Crippen molar-refractivity contribution in [2.75, 3.05) is 0 Å². The van der Waals surface area contributed by atoms with Crippen molar-refractivity contribution in [3.8, 4) is 11.1 Å². The van der Waals surface area contributed by atoms with Gasteiger partial charge in [0.1, 0.15) is 10.1 Å². The quantitative estimate of drug-likeness (QED) is 0.599. The van der Waals surface area contributed by atoms with Gasteiger partial charge in [-0.3, -0.25) is 0 Å². The Balaban J connectivity index is 0.00000180. The minimum Gasteiger partial charge on any atom is -0.744 e. The van der Waals surface area contributed by atoms with Crippen molar-refractivity contribution in [1.82, 2.24) is 0 Å². The number of hydrogen-bond donors (Lipinski definition) is 0. The van der Waals surface area contributed by atoms with Crippen LogP contribution in [-0.4, -0.2) is 13.0 Å². The van der Waals surface area contributed by atoms with Crippen molar-refractivity contribution < 1.29 is 42.5 Å². The molecule has 0 radical (unpaired) electrons. The summed E-state index contributed by atoms with van der Waals surface area (Å²) in [5.41, 5.74) is 0.666. The molecule has 0 atom stereocenters. The van der Waals surface area contributed by atoms with Gasteiger partial charge in [-0.2, -0.15) is 0 Å². The van der Waals surface area contributed by atoms with Crippen molar-refractivity contribution in [3.05, 3.63) is 52.5 Å². The van der Waals surface area contributed by atoms with Crippen LogP contribution in [0, 0.1) is 0 Å². The Morgan fingerprint density at radius 1 is 0.895 bits per heavy atom. The first-order valence-electron chi connectivity index (χ1n) is 4.90. The van der Waals surface area contributed by atoms with E-state index in [1.165, 1.54) is 18.2 Å². The molecule has 2 aromatic carbocycles. The van der Waals surface area contributed by atoms with E-state index in [2.05, 4.69) is 0 Å². The zero-order chi connectivity index (χ0) is 13.3. The standard InChI is InChI=1S/C12H8Cl2O3S.Na/c13-10-6-3-5-9(12(10)14)8-4-1-2-7-11(8)18(15,16)17;/h1-7H,(H,15,16,17);/q;+1/p-1. The fraction of sp³-hybridized carbons (Fsp3) is 0. The van der Waals surface area contributed by atoms with Gasteiger partial charge in [0.05, 0.1) is 14.9 Å². The summed E-state index contributed by atoms with van der Waals surface area (Å²) in [6, 6.07) is 10.7. The third-order valence-electron chi connectivity index (χ3n) is 2.40. The Morgan fingerprint density at radius 3 is 2.11 bits per heavy atom. The fourth-order valence-corrected chi connectivity index (χ4v) is 2.71. The average molecular weight is 325 g/mol. The van der Waals surface area contributed by atoms with Crippen LogP contribution in [0.25, 0.3) is 11.1 Å². The minimum absolute atomic E-state index is 0. The third kappa shape index (κ3) is 3.73. The molecule has 0 heterocycles. The molecule has 3 nitrogen and oxygen atoms in total. The average Bonchev–Trinajstić information content (AvgIpc) is 2.32. The van der Waals surface area contributed by atoms with Crippen molar-refractivity contribution in [3.63, 3.8) is 0 Å². The largest absolute Gasteiger partial charge is 1.00 e. The molecule has 0 N–H and O–H groups in total. The van der Waals surface area contributed by atoms with Crippen molar-refractivity contribution in [2.45, 2.75) is 4.90 Å². The zero-order valence-corrected chi connectivity index (χ0v) is 14.3. The van der Waals surface area contributed by atoms with E-state index < -0.39 is 10.1 Å². The molecule has 94 valence electrons. The molecule has 0 aliphatic rings. The van der Waals surface area contributed by atoms with Crippen LogP contribution in [0.3, 0.4) is 0 Å². The first-order chi connectivity index (χ1) is 8.41. The van der Waals surface area contributed by atoms with Crippen molar-refractivity contribution >= 4 is 33.3 Å². The Labute approximate surface area is 143 Å². The predicted octanol–water partition coefficient (Wildman–Crippen LogP) is 0.569. The normalized spacial score (nSPS) is 10.9. The zero-order valence-electron chi connectivity index (χ0n) is 9.93. The first-order valence-corrected chi connectivity index (χ1v) is 7.07. The van der Waals surface area contributed by atoms with Gasteiger partial charge in [0.15, 0.2) is 0 Å². The van der Waals surface area contributed by atoms with E-state index in [1.807, 2.05) is 0 Å². The van der Waals surface area contributed by atoms with Gasteiger partial charge in [0.2, 0.25) is 0 Å². The van der Waals surface area contributed by atoms with Gasteiger partial charge in [-0.05, 0) is 12.1 Å². The molecular formula is C12H7Cl2NaO3S. The van der Waals surface area contributed by atoms with Crippen LogP contribution in [-0.2, 0) is 10.1 Å². The number of benzene rings is 2. The molecule has 0 aliphatic heterocycles. The second kappa shape index (κ2) is 6.59. The molecular weight excluding hydrogens is 318 g/mol. The maximum atomic E-state index is 11.2. The Hall–Kier alpha value is -0.0700. The smallest absolute Gasteiger partial charge is 0.744 e. The predicted molar refractivity (Wildman–Crippen MR) is 69.9 cm³/mol. The van der Waals surface area contributed by atoms with Crippen molar-refractivity contribution in [1.29, 1.82) is 0 Å². The summed E-state index contributed by atoms with van der Waals surface area (Å²) in [5.74, 6) is 0. The molecule has 0 saturated heterocycles. The molecule has 0 amide bonds. The molecule has 2 aromatic rings. The summed E-state index contributed by atoms with van der Waals surface area (Å²) < 4.78 is 33.6. The molecule has 19 heavy (non-hydrogen) atoms. The van der Waals surface area contributed by atoms with Crippen LogP contribution in [0.5, 0.6) is 0 Å². The van der Waals surface area contributed by atoms with Gasteiger partial charge in [0.25, 0.3) is 0 Å². The molecule has 0 spiro atoms. The van der Waals surface area contributed by atoms with Gasteiger partial charge < -0.3 is 4.55 Å². The third-order valence-corrected chi connectivity index (χ3v) is 4.11. The van der Waals surface area contributed by atoms with Crippen LogP contribution < -0.4 is 29.6 Å².